The smallest absolute Gasteiger partial charge is 0.262 e. The lowest BCUT2D eigenvalue weighted by molar-refractivity contribution is -0.118. The molecule has 0 radical (unpaired) electrons. The third-order valence-corrected chi connectivity index (χ3v) is 5.87. The number of ether oxygens (including phenoxy) is 1. The molecule has 6 nitrogen and oxygen atoms in total. The van der Waals surface area contributed by atoms with Gasteiger partial charge in [-0.1, -0.05) is 29.8 Å². The number of hydrogen-bond acceptors (Lipinski definition) is 4. The Bertz CT molecular complexity index is 1160. The second kappa shape index (κ2) is 9.19. The molecule has 0 saturated carbocycles. The summed E-state index contributed by atoms with van der Waals surface area (Å²) in [6.07, 6.45) is 0. The molecule has 0 heterocycles. The van der Waals surface area contributed by atoms with Gasteiger partial charge in [0.2, 0.25) is 0 Å². The van der Waals surface area contributed by atoms with Crippen LogP contribution in [0.4, 0.5) is 11.4 Å². The number of rotatable bonds is 7. The van der Waals surface area contributed by atoms with Crippen molar-refractivity contribution in [2.24, 2.45) is 0 Å². The lowest BCUT2D eigenvalue weighted by Gasteiger charge is -2.12. The SMILES string of the molecule is Cc1cccc(OCC(=O)Nc2ccc(S(=O)(=O)Nc3cc(Cl)ccc3C)cc2)c1. The summed E-state index contributed by atoms with van der Waals surface area (Å²) in [5.74, 6) is 0.258. The molecule has 0 aliphatic rings. The highest BCUT2D eigenvalue weighted by atomic mass is 35.5. The fraction of sp³-hybridized carbons (Fsp3) is 0.136. The molecule has 0 atom stereocenters. The zero-order chi connectivity index (χ0) is 21.7. The Morgan fingerprint density at radius 1 is 1.00 bits per heavy atom. The largest absolute Gasteiger partial charge is 0.484 e. The fourth-order valence-electron chi connectivity index (χ4n) is 2.68. The maximum absolute atomic E-state index is 12.6. The number of halogens is 1. The second-order valence-electron chi connectivity index (χ2n) is 6.74. The van der Waals surface area contributed by atoms with E-state index in [-0.39, 0.29) is 17.4 Å². The highest BCUT2D eigenvalue weighted by Gasteiger charge is 2.16. The zero-order valence-corrected chi connectivity index (χ0v) is 18.0. The summed E-state index contributed by atoms with van der Waals surface area (Å²) < 4.78 is 33.2. The van der Waals surface area contributed by atoms with Crippen LogP contribution >= 0.6 is 11.6 Å². The van der Waals surface area contributed by atoms with Gasteiger partial charge < -0.3 is 10.1 Å². The van der Waals surface area contributed by atoms with E-state index in [4.69, 9.17) is 16.3 Å². The Morgan fingerprint density at radius 3 is 2.43 bits per heavy atom. The van der Waals surface area contributed by atoms with Gasteiger partial charge in [-0.25, -0.2) is 8.42 Å². The van der Waals surface area contributed by atoms with Crippen molar-refractivity contribution in [2.75, 3.05) is 16.6 Å². The number of benzene rings is 3. The third-order valence-electron chi connectivity index (χ3n) is 4.25. The molecular formula is C22H21ClN2O4S. The fourth-order valence-corrected chi connectivity index (χ4v) is 3.97. The maximum atomic E-state index is 12.6. The Balaban J connectivity index is 1.62. The quantitative estimate of drug-likeness (QED) is 0.549. The molecule has 0 fully saturated rings. The van der Waals surface area contributed by atoms with Crippen molar-refractivity contribution in [1.29, 1.82) is 0 Å². The number of hydrogen-bond donors (Lipinski definition) is 2. The van der Waals surface area contributed by atoms with E-state index in [0.717, 1.165) is 11.1 Å². The van der Waals surface area contributed by atoms with Crippen molar-refractivity contribution < 1.29 is 17.9 Å². The summed E-state index contributed by atoms with van der Waals surface area (Å²) in [6.45, 7) is 3.57. The van der Waals surface area contributed by atoms with Crippen LogP contribution in [0.3, 0.4) is 0 Å². The van der Waals surface area contributed by atoms with Crippen molar-refractivity contribution >= 4 is 38.9 Å². The Hall–Kier alpha value is -3.03. The zero-order valence-electron chi connectivity index (χ0n) is 16.5. The lowest BCUT2D eigenvalue weighted by Crippen LogP contribution is -2.20. The molecule has 2 N–H and O–H groups in total. The van der Waals surface area contributed by atoms with Gasteiger partial charge in [0.15, 0.2) is 6.61 Å². The molecule has 3 aromatic rings. The first kappa shape index (κ1) is 21.7. The summed E-state index contributed by atoms with van der Waals surface area (Å²) in [5, 5.41) is 3.11. The van der Waals surface area contributed by atoms with E-state index < -0.39 is 10.0 Å². The first-order valence-electron chi connectivity index (χ1n) is 9.11. The second-order valence-corrected chi connectivity index (χ2v) is 8.86. The van der Waals surface area contributed by atoms with E-state index in [1.54, 1.807) is 31.2 Å². The van der Waals surface area contributed by atoms with E-state index in [2.05, 4.69) is 10.0 Å². The van der Waals surface area contributed by atoms with Crippen molar-refractivity contribution in [3.8, 4) is 5.75 Å². The Labute approximate surface area is 180 Å². The van der Waals surface area contributed by atoms with Gasteiger partial charge in [-0.15, -0.1) is 0 Å². The average Bonchev–Trinajstić information content (AvgIpc) is 2.69. The molecule has 0 bridgehead atoms. The molecule has 1 amide bonds. The predicted molar refractivity (Wildman–Crippen MR) is 119 cm³/mol. The number of nitrogens with one attached hydrogen (secondary N) is 2. The minimum atomic E-state index is -3.79. The number of anilines is 2. The van der Waals surface area contributed by atoms with E-state index in [9.17, 15) is 13.2 Å². The number of sulfonamides is 1. The first-order valence-corrected chi connectivity index (χ1v) is 11.0. The lowest BCUT2D eigenvalue weighted by atomic mass is 10.2. The van der Waals surface area contributed by atoms with Gasteiger partial charge in [-0.05, 0) is 73.5 Å². The van der Waals surface area contributed by atoms with E-state index in [1.807, 2.05) is 25.1 Å². The summed E-state index contributed by atoms with van der Waals surface area (Å²) in [5.41, 5.74) is 2.66. The summed E-state index contributed by atoms with van der Waals surface area (Å²) >= 11 is 5.95. The molecule has 156 valence electrons. The highest BCUT2D eigenvalue weighted by molar-refractivity contribution is 7.92. The molecule has 0 aromatic heterocycles. The van der Waals surface area contributed by atoms with Gasteiger partial charge in [0.05, 0.1) is 10.6 Å². The first-order chi connectivity index (χ1) is 14.2. The minimum Gasteiger partial charge on any atom is -0.484 e. The van der Waals surface area contributed by atoms with Gasteiger partial charge in [0.1, 0.15) is 5.75 Å². The molecule has 3 aromatic carbocycles. The van der Waals surface area contributed by atoms with Gasteiger partial charge >= 0.3 is 0 Å². The van der Waals surface area contributed by atoms with Gasteiger partial charge in [-0.3, -0.25) is 9.52 Å². The number of aryl methyl sites for hydroxylation is 2. The molecule has 0 spiro atoms. The maximum Gasteiger partial charge on any atom is 0.262 e. The van der Waals surface area contributed by atoms with E-state index in [0.29, 0.717) is 22.1 Å². The van der Waals surface area contributed by atoms with Crippen LogP contribution < -0.4 is 14.8 Å². The van der Waals surface area contributed by atoms with Gasteiger partial charge in [-0.2, -0.15) is 0 Å². The van der Waals surface area contributed by atoms with E-state index in [1.165, 1.54) is 24.3 Å². The normalized spacial score (nSPS) is 11.0. The molecule has 0 aliphatic heterocycles. The topological polar surface area (TPSA) is 84.5 Å². The monoisotopic (exact) mass is 444 g/mol. The Morgan fingerprint density at radius 2 is 1.73 bits per heavy atom. The molecular weight excluding hydrogens is 424 g/mol. The van der Waals surface area contributed by atoms with Crippen LogP contribution in [0.5, 0.6) is 5.75 Å². The Kier molecular flexibility index (Phi) is 6.64. The summed E-state index contributed by atoms with van der Waals surface area (Å²) in [6, 6.07) is 18.2. The van der Waals surface area contributed by atoms with Crippen LogP contribution in [0.25, 0.3) is 0 Å². The molecule has 8 heteroatoms. The average molecular weight is 445 g/mol. The number of amides is 1. The van der Waals surface area contributed by atoms with Crippen LogP contribution in [0.2, 0.25) is 5.02 Å². The molecule has 30 heavy (non-hydrogen) atoms. The summed E-state index contributed by atoms with van der Waals surface area (Å²) in [7, 11) is -3.79. The van der Waals surface area contributed by atoms with Crippen molar-refractivity contribution in [3.05, 3.63) is 82.9 Å². The molecule has 0 unspecified atom stereocenters. The van der Waals surface area contributed by atoms with Crippen LogP contribution in [-0.2, 0) is 14.8 Å². The van der Waals surface area contributed by atoms with E-state index >= 15 is 0 Å². The summed E-state index contributed by atoms with van der Waals surface area (Å²) in [4.78, 5) is 12.1. The standard InChI is InChI=1S/C22H21ClN2O4S/c1-15-4-3-5-19(12-15)29-14-22(26)24-18-8-10-20(11-9-18)30(27,28)25-21-13-17(23)7-6-16(21)2/h3-13,25H,14H2,1-2H3,(H,24,26). The minimum absolute atomic E-state index is 0.0656. The third kappa shape index (κ3) is 5.75. The van der Waals surface area contributed by atoms with Crippen LogP contribution in [0, 0.1) is 13.8 Å². The van der Waals surface area contributed by atoms with Gasteiger partial charge in [0.25, 0.3) is 15.9 Å². The van der Waals surface area contributed by atoms with Gasteiger partial charge in [0, 0.05) is 10.7 Å². The predicted octanol–water partition coefficient (Wildman–Crippen LogP) is 4.78. The molecule has 0 saturated heterocycles. The number of carbonyl (C=O) groups is 1. The van der Waals surface area contributed by atoms with Crippen LogP contribution in [-0.4, -0.2) is 20.9 Å². The van der Waals surface area contributed by atoms with Crippen LogP contribution in [0.15, 0.2) is 71.6 Å². The van der Waals surface area contributed by atoms with Crippen LogP contribution in [0.1, 0.15) is 11.1 Å². The van der Waals surface area contributed by atoms with Crippen molar-refractivity contribution in [1.82, 2.24) is 0 Å². The molecule has 0 aliphatic carbocycles. The van der Waals surface area contributed by atoms with Crippen molar-refractivity contribution in [3.63, 3.8) is 0 Å². The molecule has 3 rings (SSSR count). The highest BCUT2D eigenvalue weighted by Crippen LogP contribution is 2.24. The number of carbonyl (C=O) groups excluding carboxylic acids is 1. The van der Waals surface area contributed by atoms with Crippen molar-refractivity contribution in [2.45, 2.75) is 18.7 Å².